The molecule has 2 atom stereocenters. The highest BCUT2D eigenvalue weighted by atomic mass is 15.3. The van der Waals surface area contributed by atoms with E-state index in [0.29, 0.717) is 6.04 Å². The maximum Gasteiger partial charge on any atom is 0.0728 e. The number of benzene rings is 3. The summed E-state index contributed by atoms with van der Waals surface area (Å²) in [6.07, 6.45) is 9.54. The number of allylic oxidation sites excluding steroid dienone is 4. The Morgan fingerprint density at radius 1 is 0.824 bits per heavy atom. The lowest BCUT2D eigenvalue weighted by molar-refractivity contribution is 0.226. The maximum absolute atomic E-state index is 2.58. The molecule has 34 heavy (non-hydrogen) atoms. The summed E-state index contributed by atoms with van der Waals surface area (Å²) in [6, 6.07) is 31.2. The molecular formula is C32H30N2. The first-order chi connectivity index (χ1) is 16.7. The molecule has 3 aromatic carbocycles. The molecule has 3 aliphatic heterocycles. The molecule has 168 valence electrons. The van der Waals surface area contributed by atoms with Crippen molar-refractivity contribution in [2.75, 3.05) is 13.1 Å². The van der Waals surface area contributed by atoms with E-state index < -0.39 is 0 Å². The summed E-state index contributed by atoms with van der Waals surface area (Å²) in [7, 11) is 0. The van der Waals surface area contributed by atoms with Gasteiger partial charge in [-0.15, -0.1) is 0 Å². The Bertz CT molecular complexity index is 1330. The van der Waals surface area contributed by atoms with Crippen LogP contribution in [0.3, 0.4) is 0 Å². The van der Waals surface area contributed by atoms with Crippen molar-refractivity contribution in [3.05, 3.63) is 143 Å². The monoisotopic (exact) mass is 442 g/mol. The van der Waals surface area contributed by atoms with Gasteiger partial charge in [0.15, 0.2) is 0 Å². The van der Waals surface area contributed by atoms with E-state index >= 15 is 0 Å². The summed E-state index contributed by atoms with van der Waals surface area (Å²) in [5.74, 6) is 0. The molecule has 0 aromatic heterocycles. The van der Waals surface area contributed by atoms with Gasteiger partial charge in [-0.3, -0.25) is 0 Å². The number of hydrogen-bond acceptors (Lipinski definition) is 2. The summed E-state index contributed by atoms with van der Waals surface area (Å²) in [5.41, 5.74) is 10.8. The van der Waals surface area contributed by atoms with Crippen molar-refractivity contribution in [3.8, 4) is 0 Å². The molecule has 2 nitrogen and oxygen atoms in total. The first kappa shape index (κ1) is 20.8. The van der Waals surface area contributed by atoms with E-state index in [1.54, 1.807) is 0 Å². The largest absolute Gasteiger partial charge is 0.364 e. The minimum absolute atomic E-state index is 0.218. The molecule has 0 spiro atoms. The van der Waals surface area contributed by atoms with Gasteiger partial charge in [0, 0.05) is 36.1 Å². The average Bonchev–Trinajstić information content (AvgIpc) is 3.18. The molecule has 0 amide bonds. The van der Waals surface area contributed by atoms with Crippen molar-refractivity contribution in [3.63, 3.8) is 0 Å². The molecule has 3 aromatic rings. The van der Waals surface area contributed by atoms with Gasteiger partial charge in [-0.1, -0.05) is 103 Å². The molecular weight excluding hydrogens is 412 g/mol. The van der Waals surface area contributed by atoms with Crippen LogP contribution in [0.4, 0.5) is 0 Å². The lowest BCUT2D eigenvalue weighted by atomic mass is 9.91. The molecule has 0 radical (unpaired) electrons. The minimum Gasteiger partial charge on any atom is -0.364 e. The Labute approximate surface area is 202 Å². The normalized spacial score (nSPS) is 21.2. The van der Waals surface area contributed by atoms with Crippen molar-refractivity contribution in [1.82, 2.24) is 9.80 Å². The van der Waals surface area contributed by atoms with Crippen molar-refractivity contribution in [2.24, 2.45) is 0 Å². The van der Waals surface area contributed by atoms with Gasteiger partial charge >= 0.3 is 0 Å². The minimum atomic E-state index is 0.218. The van der Waals surface area contributed by atoms with Gasteiger partial charge in [0.25, 0.3) is 0 Å². The van der Waals surface area contributed by atoms with E-state index in [2.05, 4.69) is 133 Å². The van der Waals surface area contributed by atoms with E-state index in [9.17, 15) is 0 Å². The highest BCUT2D eigenvalue weighted by molar-refractivity contribution is 5.80. The molecule has 0 saturated heterocycles. The second-order valence-electron chi connectivity index (χ2n) is 9.54. The molecule has 1 unspecified atom stereocenters. The van der Waals surface area contributed by atoms with Gasteiger partial charge < -0.3 is 9.80 Å². The number of fused-ring (bicyclic) bond motifs is 3. The van der Waals surface area contributed by atoms with Crippen LogP contribution in [-0.4, -0.2) is 22.9 Å². The molecule has 2 heteroatoms. The van der Waals surface area contributed by atoms with Gasteiger partial charge in [-0.25, -0.2) is 0 Å². The lowest BCUT2D eigenvalue weighted by Gasteiger charge is -2.39. The Hall–Kier alpha value is -3.78. The Morgan fingerprint density at radius 2 is 1.53 bits per heavy atom. The van der Waals surface area contributed by atoms with Crippen LogP contribution in [0.2, 0.25) is 0 Å². The number of hydrogen-bond donors (Lipinski definition) is 0. The summed E-state index contributed by atoms with van der Waals surface area (Å²) >= 11 is 0. The van der Waals surface area contributed by atoms with Crippen LogP contribution >= 0.6 is 0 Å². The Kier molecular flexibility index (Phi) is 5.22. The number of rotatable bonds is 4. The summed E-state index contributed by atoms with van der Waals surface area (Å²) < 4.78 is 0. The zero-order chi connectivity index (χ0) is 23.1. The van der Waals surface area contributed by atoms with Gasteiger partial charge in [-0.05, 0) is 42.2 Å². The molecule has 3 heterocycles. The SMILES string of the molecule is CC1=CCN2C(=C1)c1ccccc1[C@H]2CN1C=C(c2ccccc2)C(C)=CC1c1ccccc1. The third-order valence-corrected chi connectivity index (χ3v) is 7.35. The van der Waals surface area contributed by atoms with Gasteiger partial charge in [-0.2, -0.15) is 0 Å². The van der Waals surface area contributed by atoms with Crippen molar-refractivity contribution in [1.29, 1.82) is 0 Å². The fourth-order valence-electron chi connectivity index (χ4n) is 5.61. The zero-order valence-corrected chi connectivity index (χ0v) is 19.9. The fourth-order valence-corrected chi connectivity index (χ4v) is 5.61. The second kappa shape index (κ2) is 8.53. The van der Waals surface area contributed by atoms with Crippen LogP contribution in [0, 0.1) is 0 Å². The molecule has 6 rings (SSSR count). The van der Waals surface area contributed by atoms with Gasteiger partial charge in [0.2, 0.25) is 0 Å². The van der Waals surface area contributed by atoms with Crippen LogP contribution < -0.4 is 0 Å². The molecule has 0 bridgehead atoms. The quantitative estimate of drug-likeness (QED) is 0.416. The highest BCUT2D eigenvalue weighted by Crippen LogP contribution is 2.45. The van der Waals surface area contributed by atoms with Crippen LogP contribution in [0.5, 0.6) is 0 Å². The topological polar surface area (TPSA) is 6.48 Å². The number of nitrogens with zero attached hydrogens (tertiary/aromatic N) is 2. The first-order valence-electron chi connectivity index (χ1n) is 12.2. The lowest BCUT2D eigenvalue weighted by Crippen LogP contribution is -2.35. The summed E-state index contributed by atoms with van der Waals surface area (Å²) in [5, 5.41) is 0. The predicted octanol–water partition coefficient (Wildman–Crippen LogP) is 7.39. The summed E-state index contributed by atoms with van der Waals surface area (Å²) in [4.78, 5) is 5.14. The standard InChI is InChI=1S/C32H30N2/c1-23-17-18-34-31(19-23)27-15-9-10-16-28(27)32(34)22-33-21-29(25-11-5-3-6-12-25)24(2)20-30(33)26-13-7-4-8-14-26/h3-17,19-21,30,32H,18,22H2,1-2H3/t30?,32-/m1/s1. The van der Waals surface area contributed by atoms with Gasteiger partial charge in [0.1, 0.15) is 0 Å². The first-order valence-corrected chi connectivity index (χ1v) is 12.2. The zero-order valence-electron chi connectivity index (χ0n) is 19.9. The molecule has 3 aliphatic rings. The molecule has 0 N–H and O–H groups in total. The molecule has 0 saturated carbocycles. The van der Waals surface area contributed by atoms with E-state index in [1.165, 1.54) is 44.7 Å². The second-order valence-corrected chi connectivity index (χ2v) is 9.54. The van der Waals surface area contributed by atoms with Crippen molar-refractivity contribution < 1.29 is 0 Å². The van der Waals surface area contributed by atoms with Crippen molar-refractivity contribution in [2.45, 2.75) is 25.9 Å². The predicted molar refractivity (Wildman–Crippen MR) is 142 cm³/mol. The smallest absolute Gasteiger partial charge is 0.0728 e. The molecule has 0 aliphatic carbocycles. The summed E-state index contributed by atoms with van der Waals surface area (Å²) in [6.45, 7) is 6.35. The van der Waals surface area contributed by atoms with Crippen LogP contribution in [0.15, 0.2) is 121 Å². The van der Waals surface area contributed by atoms with E-state index in [1.807, 2.05) is 0 Å². The highest BCUT2D eigenvalue weighted by Gasteiger charge is 2.36. The van der Waals surface area contributed by atoms with Crippen LogP contribution in [0.1, 0.15) is 48.2 Å². The van der Waals surface area contributed by atoms with E-state index in [-0.39, 0.29) is 6.04 Å². The Balaban J connectivity index is 1.42. The van der Waals surface area contributed by atoms with E-state index in [0.717, 1.165) is 13.1 Å². The maximum atomic E-state index is 2.58. The molecule has 0 fully saturated rings. The third kappa shape index (κ3) is 3.60. The van der Waals surface area contributed by atoms with Crippen LogP contribution in [0.25, 0.3) is 11.3 Å². The third-order valence-electron chi connectivity index (χ3n) is 7.35. The van der Waals surface area contributed by atoms with E-state index in [4.69, 9.17) is 0 Å². The fraction of sp³-hybridized carbons (Fsp3) is 0.188. The van der Waals surface area contributed by atoms with Crippen molar-refractivity contribution >= 4 is 11.3 Å². The van der Waals surface area contributed by atoms with Crippen LogP contribution in [-0.2, 0) is 0 Å². The van der Waals surface area contributed by atoms with Gasteiger partial charge in [0.05, 0.1) is 12.1 Å². The average molecular weight is 443 g/mol. The Morgan fingerprint density at radius 3 is 2.32 bits per heavy atom.